The van der Waals surface area contributed by atoms with Crippen molar-refractivity contribution in [1.82, 2.24) is 4.90 Å². The number of aryl methyl sites for hydroxylation is 1. The summed E-state index contributed by atoms with van der Waals surface area (Å²) in [6, 6.07) is 12.7. The van der Waals surface area contributed by atoms with Crippen molar-refractivity contribution in [1.29, 1.82) is 0 Å². The van der Waals surface area contributed by atoms with Gasteiger partial charge in [-0.05, 0) is 43.3 Å². The molecule has 0 spiro atoms. The highest BCUT2D eigenvalue weighted by Crippen LogP contribution is 2.29. The molecule has 2 amide bonds. The van der Waals surface area contributed by atoms with Gasteiger partial charge in [0.25, 0.3) is 0 Å². The molecule has 7 heteroatoms. The molecule has 0 aliphatic heterocycles. The summed E-state index contributed by atoms with van der Waals surface area (Å²) < 4.78 is 0. The first-order chi connectivity index (χ1) is 12.4. The first kappa shape index (κ1) is 20.2. The van der Waals surface area contributed by atoms with E-state index in [9.17, 15) is 9.59 Å². The van der Waals surface area contributed by atoms with Crippen LogP contribution in [0.1, 0.15) is 12.5 Å². The molecule has 26 heavy (non-hydrogen) atoms. The van der Waals surface area contributed by atoms with Gasteiger partial charge in [0.1, 0.15) is 0 Å². The first-order valence-corrected chi connectivity index (χ1v) is 8.95. The van der Waals surface area contributed by atoms with Gasteiger partial charge in [-0.25, -0.2) is 0 Å². The highest BCUT2D eigenvalue weighted by molar-refractivity contribution is 6.39. The van der Waals surface area contributed by atoms with Crippen molar-refractivity contribution in [2.75, 3.05) is 30.8 Å². The number of carbonyl (C=O) groups is 2. The van der Waals surface area contributed by atoms with Crippen LogP contribution < -0.4 is 10.6 Å². The third-order valence-corrected chi connectivity index (χ3v) is 4.30. The summed E-state index contributed by atoms with van der Waals surface area (Å²) in [5, 5.41) is 6.23. The van der Waals surface area contributed by atoms with E-state index in [2.05, 4.69) is 17.6 Å². The van der Waals surface area contributed by atoms with Gasteiger partial charge in [0.15, 0.2) is 0 Å². The Bertz CT molecular complexity index is 776. The molecule has 0 saturated heterocycles. The fourth-order valence-corrected chi connectivity index (χ4v) is 2.90. The fourth-order valence-electron chi connectivity index (χ4n) is 2.41. The van der Waals surface area contributed by atoms with Gasteiger partial charge in [0.05, 0.1) is 28.8 Å². The molecule has 2 rings (SSSR count). The second-order valence-electron chi connectivity index (χ2n) is 5.92. The number of anilines is 2. The zero-order chi connectivity index (χ0) is 19.1. The molecule has 138 valence electrons. The van der Waals surface area contributed by atoms with E-state index in [-0.39, 0.29) is 24.9 Å². The number of likely N-dealkylation sites (N-methyl/N-ethyl adjacent to an activating group) is 1. The Morgan fingerprint density at radius 2 is 1.54 bits per heavy atom. The zero-order valence-corrected chi connectivity index (χ0v) is 16.2. The van der Waals surface area contributed by atoms with E-state index in [1.165, 1.54) is 0 Å². The largest absolute Gasteiger partial charge is 0.325 e. The van der Waals surface area contributed by atoms with Crippen molar-refractivity contribution in [3.63, 3.8) is 0 Å². The van der Waals surface area contributed by atoms with Gasteiger partial charge in [-0.15, -0.1) is 0 Å². The number of hydrogen-bond acceptors (Lipinski definition) is 3. The standard InChI is InChI=1S/C19H21Cl2N3O2/c1-3-13-6-4-7-14(10-13)22-17(25)11-24(2)12-18(26)23-19-15(20)8-5-9-16(19)21/h4-10H,3,11-12H2,1-2H3,(H,22,25)(H,23,26). The van der Waals surface area contributed by atoms with Crippen molar-refractivity contribution < 1.29 is 9.59 Å². The second kappa shape index (κ2) is 9.57. The number of halogens is 2. The van der Waals surface area contributed by atoms with Crippen molar-refractivity contribution in [3.8, 4) is 0 Å². The van der Waals surface area contributed by atoms with Crippen LogP contribution in [0.4, 0.5) is 11.4 Å². The van der Waals surface area contributed by atoms with E-state index < -0.39 is 0 Å². The summed E-state index contributed by atoms with van der Waals surface area (Å²) in [7, 11) is 1.69. The van der Waals surface area contributed by atoms with Crippen LogP contribution in [0.15, 0.2) is 42.5 Å². The number of amides is 2. The molecule has 0 atom stereocenters. The SMILES string of the molecule is CCc1cccc(NC(=O)CN(C)CC(=O)Nc2c(Cl)cccc2Cl)c1. The lowest BCUT2D eigenvalue weighted by atomic mass is 10.1. The Labute approximate surface area is 163 Å². The third kappa shape index (κ3) is 6.02. The quantitative estimate of drug-likeness (QED) is 0.745. The van der Waals surface area contributed by atoms with Gasteiger partial charge in [0.2, 0.25) is 11.8 Å². The predicted molar refractivity (Wildman–Crippen MR) is 107 cm³/mol. The molecule has 2 aromatic rings. The Morgan fingerprint density at radius 1 is 0.962 bits per heavy atom. The molecule has 0 aliphatic carbocycles. The minimum atomic E-state index is -0.303. The Hall–Kier alpha value is -2.08. The maximum absolute atomic E-state index is 12.1. The number of para-hydroxylation sites is 1. The van der Waals surface area contributed by atoms with Crippen LogP contribution in [-0.4, -0.2) is 36.9 Å². The van der Waals surface area contributed by atoms with E-state index in [4.69, 9.17) is 23.2 Å². The van der Waals surface area contributed by atoms with Gasteiger partial charge in [-0.1, -0.05) is 48.3 Å². The average Bonchev–Trinajstić information content (AvgIpc) is 2.58. The molecule has 5 nitrogen and oxygen atoms in total. The molecule has 0 heterocycles. The first-order valence-electron chi connectivity index (χ1n) is 8.20. The second-order valence-corrected chi connectivity index (χ2v) is 6.73. The number of nitrogens with one attached hydrogen (secondary N) is 2. The molecular formula is C19H21Cl2N3O2. The summed E-state index contributed by atoms with van der Waals surface area (Å²) in [5.41, 5.74) is 2.26. The summed E-state index contributed by atoms with van der Waals surface area (Å²) in [6.07, 6.45) is 0.897. The lowest BCUT2D eigenvalue weighted by molar-refractivity contribution is -0.119. The van der Waals surface area contributed by atoms with Crippen molar-refractivity contribution in [2.45, 2.75) is 13.3 Å². The average molecular weight is 394 g/mol. The monoisotopic (exact) mass is 393 g/mol. The molecule has 0 aromatic heterocycles. The number of rotatable bonds is 7. The highest BCUT2D eigenvalue weighted by Gasteiger charge is 2.14. The van der Waals surface area contributed by atoms with Crippen LogP contribution in [0.2, 0.25) is 10.0 Å². The maximum Gasteiger partial charge on any atom is 0.238 e. The normalized spacial score (nSPS) is 10.7. The van der Waals surface area contributed by atoms with Crippen LogP contribution in [-0.2, 0) is 16.0 Å². The molecule has 0 aliphatic rings. The number of nitrogens with zero attached hydrogens (tertiary/aromatic N) is 1. The third-order valence-electron chi connectivity index (χ3n) is 3.67. The smallest absolute Gasteiger partial charge is 0.238 e. The molecule has 2 aromatic carbocycles. The molecule has 0 saturated carbocycles. The molecule has 0 fully saturated rings. The molecule has 0 radical (unpaired) electrons. The van der Waals surface area contributed by atoms with Gasteiger partial charge < -0.3 is 10.6 Å². The van der Waals surface area contributed by atoms with Gasteiger partial charge >= 0.3 is 0 Å². The minimum absolute atomic E-state index is 0.0317. The van der Waals surface area contributed by atoms with Crippen LogP contribution in [0.25, 0.3) is 0 Å². The number of carbonyl (C=O) groups excluding carboxylic acids is 2. The van der Waals surface area contributed by atoms with E-state index >= 15 is 0 Å². The van der Waals surface area contributed by atoms with Crippen LogP contribution in [0, 0.1) is 0 Å². The lowest BCUT2D eigenvalue weighted by Crippen LogP contribution is -2.36. The molecule has 0 unspecified atom stereocenters. The molecule has 0 bridgehead atoms. The Balaban J connectivity index is 1.86. The summed E-state index contributed by atoms with van der Waals surface area (Å²) >= 11 is 12.1. The van der Waals surface area contributed by atoms with Gasteiger partial charge in [-0.2, -0.15) is 0 Å². The van der Waals surface area contributed by atoms with Crippen LogP contribution >= 0.6 is 23.2 Å². The van der Waals surface area contributed by atoms with Gasteiger partial charge in [0, 0.05) is 5.69 Å². The molecular weight excluding hydrogens is 373 g/mol. The minimum Gasteiger partial charge on any atom is -0.325 e. The predicted octanol–water partition coefficient (Wildman–Crippen LogP) is 4.06. The highest BCUT2D eigenvalue weighted by atomic mass is 35.5. The number of benzene rings is 2. The van der Waals surface area contributed by atoms with Crippen LogP contribution in [0.5, 0.6) is 0 Å². The van der Waals surface area contributed by atoms with E-state index in [1.54, 1.807) is 30.1 Å². The van der Waals surface area contributed by atoms with E-state index in [0.29, 0.717) is 15.7 Å². The van der Waals surface area contributed by atoms with Crippen molar-refractivity contribution in [2.24, 2.45) is 0 Å². The molecule has 2 N–H and O–H groups in total. The Kier molecular flexibility index (Phi) is 7.45. The summed E-state index contributed by atoms with van der Waals surface area (Å²) in [6.45, 7) is 2.17. The Morgan fingerprint density at radius 3 is 2.15 bits per heavy atom. The lowest BCUT2D eigenvalue weighted by Gasteiger charge is -2.17. The van der Waals surface area contributed by atoms with E-state index in [0.717, 1.165) is 17.7 Å². The van der Waals surface area contributed by atoms with Crippen LogP contribution in [0.3, 0.4) is 0 Å². The maximum atomic E-state index is 12.1. The number of hydrogen-bond donors (Lipinski definition) is 2. The summed E-state index contributed by atoms with van der Waals surface area (Å²) in [4.78, 5) is 25.9. The zero-order valence-electron chi connectivity index (χ0n) is 14.7. The van der Waals surface area contributed by atoms with Gasteiger partial charge in [-0.3, -0.25) is 14.5 Å². The topological polar surface area (TPSA) is 61.4 Å². The van der Waals surface area contributed by atoms with E-state index in [1.807, 2.05) is 24.3 Å². The summed E-state index contributed by atoms with van der Waals surface area (Å²) in [5.74, 6) is -0.493. The van der Waals surface area contributed by atoms with Crippen molar-refractivity contribution >= 4 is 46.4 Å². The van der Waals surface area contributed by atoms with Crippen molar-refractivity contribution in [3.05, 3.63) is 58.1 Å². The fraction of sp³-hybridized carbons (Fsp3) is 0.263.